The number of aliphatic hydroxyl groups is 1. The van der Waals surface area contributed by atoms with Gasteiger partial charge in [-0.1, -0.05) is 66.7 Å². The molecule has 1 aromatic heterocycles. The average molecular weight is 372 g/mol. The second-order valence-corrected chi connectivity index (χ2v) is 7.38. The highest BCUT2D eigenvalue weighted by atomic mass is 16.3. The Morgan fingerprint density at radius 2 is 1.46 bits per heavy atom. The first-order chi connectivity index (χ1) is 13.7. The number of aromatic nitrogens is 1. The van der Waals surface area contributed by atoms with E-state index in [0.717, 1.165) is 16.8 Å². The summed E-state index contributed by atoms with van der Waals surface area (Å²) in [5, 5.41) is 13.0. The Bertz CT molecular complexity index is 854. The van der Waals surface area contributed by atoms with Crippen LogP contribution in [-0.4, -0.2) is 22.1 Å². The monoisotopic (exact) mass is 372 g/mol. The van der Waals surface area contributed by atoms with Gasteiger partial charge in [0.15, 0.2) is 0 Å². The zero-order valence-electron chi connectivity index (χ0n) is 15.6. The topological polar surface area (TPSA) is 62.2 Å². The number of hydrogen-bond donors (Lipinski definition) is 2. The molecule has 3 aromatic rings. The Kier molecular flexibility index (Phi) is 5.49. The number of pyridine rings is 1. The van der Waals surface area contributed by atoms with Gasteiger partial charge in [0, 0.05) is 6.20 Å². The summed E-state index contributed by atoms with van der Waals surface area (Å²) >= 11 is 0. The Balaban J connectivity index is 1.64. The van der Waals surface area contributed by atoms with Crippen molar-refractivity contribution in [2.24, 2.45) is 5.92 Å². The lowest BCUT2D eigenvalue weighted by atomic mass is 9.75. The normalized spacial score (nSPS) is 19.6. The van der Waals surface area contributed by atoms with Gasteiger partial charge in [0.25, 0.3) is 0 Å². The van der Waals surface area contributed by atoms with Gasteiger partial charge in [-0.15, -0.1) is 0 Å². The zero-order valence-corrected chi connectivity index (χ0v) is 15.6. The fraction of sp³-hybridized carbons (Fsp3) is 0.250. The molecule has 2 aromatic carbocycles. The van der Waals surface area contributed by atoms with E-state index in [0.29, 0.717) is 12.8 Å². The fourth-order valence-electron chi connectivity index (χ4n) is 3.92. The van der Waals surface area contributed by atoms with Gasteiger partial charge in [-0.2, -0.15) is 0 Å². The van der Waals surface area contributed by atoms with Gasteiger partial charge < -0.3 is 10.4 Å². The van der Waals surface area contributed by atoms with Crippen LogP contribution >= 0.6 is 0 Å². The standard InChI is InChI=1S/C24H24N2O2/c27-20-15-19(16-20)23(21-13-7-8-14-25-21)26-24(28)22(17-9-3-1-4-10-17)18-11-5-2-6-12-18/h1-14,19-20,22-23,27H,15-16H2,(H,26,28)/t19?,20?,23-/m1/s1. The molecule has 2 N–H and O–H groups in total. The van der Waals surface area contributed by atoms with Gasteiger partial charge in [0.2, 0.25) is 5.91 Å². The SMILES string of the molecule is O=C(N[C@@H](c1ccccn1)C1CC(O)C1)C(c1ccccc1)c1ccccc1. The highest BCUT2D eigenvalue weighted by molar-refractivity contribution is 5.87. The molecule has 0 bridgehead atoms. The largest absolute Gasteiger partial charge is 0.393 e. The highest BCUT2D eigenvalue weighted by Gasteiger charge is 2.37. The van der Waals surface area contributed by atoms with Crippen LogP contribution in [0.25, 0.3) is 0 Å². The molecule has 1 fully saturated rings. The van der Waals surface area contributed by atoms with E-state index in [4.69, 9.17) is 0 Å². The van der Waals surface area contributed by atoms with Crippen LogP contribution in [0.4, 0.5) is 0 Å². The number of nitrogens with zero attached hydrogens (tertiary/aromatic N) is 1. The third-order valence-electron chi connectivity index (χ3n) is 5.45. The Morgan fingerprint density at radius 1 is 0.893 bits per heavy atom. The van der Waals surface area contributed by atoms with Gasteiger partial charge in [0.1, 0.15) is 0 Å². The molecular weight excluding hydrogens is 348 g/mol. The molecule has 1 saturated carbocycles. The lowest BCUT2D eigenvalue weighted by molar-refractivity contribution is -0.123. The smallest absolute Gasteiger partial charge is 0.232 e. The number of carbonyl (C=O) groups excluding carboxylic acids is 1. The first-order valence-electron chi connectivity index (χ1n) is 9.71. The van der Waals surface area contributed by atoms with E-state index in [2.05, 4.69) is 10.3 Å². The number of hydrogen-bond acceptors (Lipinski definition) is 3. The third kappa shape index (κ3) is 3.97. The summed E-state index contributed by atoms with van der Waals surface area (Å²) < 4.78 is 0. The van der Waals surface area contributed by atoms with Gasteiger partial charge in [-0.3, -0.25) is 9.78 Å². The molecule has 0 radical (unpaired) electrons. The predicted molar refractivity (Wildman–Crippen MR) is 109 cm³/mol. The van der Waals surface area contributed by atoms with Crippen molar-refractivity contribution in [3.8, 4) is 0 Å². The van der Waals surface area contributed by atoms with E-state index >= 15 is 0 Å². The number of amides is 1. The first-order valence-corrected chi connectivity index (χ1v) is 9.71. The van der Waals surface area contributed by atoms with Gasteiger partial charge >= 0.3 is 0 Å². The lowest BCUT2D eigenvalue weighted by Gasteiger charge is -2.38. The molecular formula is C24H24N2O2. The molecule has 1 amide bonds. The molecule has 1 heterocycles. The van der Waals surface area contributed by atoms with Crippen molar-refractivity contribution in [3.63, 3.8) is 0 Å². The Morgan fingerprint density at radius 3 is 1.96 bits per heavy atom. The van der Waals surface area contributed by atoms with Crippen LogP contribution < -0.4 is 5.32 Å². The second kappa shape index (κ2) is 8.36. The molecule has 28 heavy (non-hydrogen) atoms. The Labute approximate surface area is 165 Å². The lowest BCUT2D eigenvalue weighted by Crippen LogP contribution is -2.43. The van der Waals surface area contributed by atoms with E-state index in [1.54, 1.807) is 6.20 Å². The summed E-state index contributed by atoms with van der Waals surface area (Å²) in [5.41, 5.74) is 2.76. The predicted octanol–water partition coefficient (Wildman–Crippen LogP) is 3.84. The molecule has 1 aliphatic rings. The van der Waals surface area contributed by atoms with E-state index in [-0.39, 0.29) is 24.0 Å². The number of carbonyl (C=O) groups is 1. The third-order valence-corrected chi connectivity index (χ3v) is 5.45. The van der Waals surface area contributed by atoms with Crippen molar-refractivity contribution in [1.29, 1.82) is 0 Å². The number of rotatable bonds is 6. The number of benzene rings is 2. The van der Waals surface area contributed by atoms with Crippen LogP contribution in [-0.2, 0) is 4.79 Å². The fourth-order valence-corrected chi connectivity index (χ4v) is 3.92. The van der Waals surface area contributed by atoms with Crippen molar-refractivity contribution >= 4 is 5.91 Å². The molecule has 4 rings (SSSR count). The molecule has 0 unspecified atom stereocenters. The summed E-state index contributed by atoms with van der Waals surface area (Å²) in [4.78, 5) is 17.9. The van der Waals surface area contributed by atoms with Crippen molar-refractivity contribution in [1.82, 2.24) is 10.3 Å². The molecule has 0 aliphatic heterocycles. The summed E-state index contributed by atoms with van der Waals surface area (Å²) in [5.74, 6) is -0.242. The first kappa shape index (κ1) is 18.4. The van der Waals surface area contributed by atoms with E-state index < -0.39 is 5.92 Å². The van der Waals surface area contributed by atoms with Crippen molar-refractivity contribution in [2.75, 3.05) is 0 Å². The number of aliphatic hydroxyl groups excluding tert-OH is 1. The number of nitrogens with one attached hydrogen (secondary N) is 1. The minimum atomic E-state index is -0.390. The summed E-state index contributed by atoms with van der Waals surface area (Å²) in [6, 6.07) is 25.2. The van der Waals surface area contributed by atoms with E-state index in [9.17, 15) is 9.90 Å². The maximum Gasteiger partial charge on any atom is 0.232 e. The summed E-state index contributed by atoms with van der Waals surface area (Å²) in [6.45, 7) is 0. The molecule has 1 atom stereocenters. The highest BCUT2D eigenvalue weighted by Crippen LogP contribution is 2.38. The van der Waals surface area contributed by atoms with Crippen LogP contribution in [0.5, 0.6) is 0 Å². The van der Waals surface area contributed by atoms with Gasteiger partial charge in [-0.25, -0.2) is 0 Å². The minimum Gasteiger partial charge on any atom is -0.393 e. The Hall–Kier alpha value is -2.98. The molecule has 142 valence electrons. The van der Waals surface area contributed by atoms with Crippen LogP contribution in [0.1, 0.15) is 41.6 Å². The summed E-state index contributed by atoms with van der Waals surface area (Å²) in [6.07, 6.45) is 2.83. The minimum absolute atomic E-state index is 0.0468. The van der Waals surface area contributed by atoms with E-state index in [1.165, 1.54) is 0 Å². The quantitative estimate of drug-likeness (QED) is 0.691. The van der Waals surface area contributed by atoms with Crippen molar-refractivity contribution in [3.05, 3.63) is 102 Å². The average Bonchev–Trinajstić information content (AvgIpc) is 2.72. The zero-order chi connectivity index (χ0) is 19.3. The van der Waals surface area contributed by atoms with E-state index in [1.807, 2.05) is 78.9 Å². The maximum absolute atomic E-state index is 13.5. The second-order valence-electron chi connectivity index (χ2n) is 7.38. The molecule has 4 heteroatoms. The molecule has 4 nitrogen and oxygen atoms in total. The van der Waals surface area contributed by atoms with Gasteiger partial charge in [0.05, 0.1) is 23.8 Å². The summed E-state index contributed by atoms with van der Waals surface area (Å²) in [7, 11) is 0. The van der Waals surface area contributed by atoms with Crippen LogP contribution in [0.15, 0.2) is 85.1 Å². The maximum atomic E-state index is 13.5. The van der Waals surface area contributed by atoms with Gasteiger partial charge in [-0.05, 0) is 42.0 Å². The van der Waals surface area contributed by atoms with Crippen LogP contribution in [0, 0.1) is 5.92 Å². The molecule has 1 aliphatic carbocycles. The van der Waals surface area contributed by atoms with Crippen molar-refractivity contribution in [2.45, 2.75) is 30.9 Å². The van der Waals surface area contributed by atoms with Crippen LogP contribution in [0.3, 0.4) is 0 Å². The van der Waals surface area contributed by atoms with Crippen molar-refractivity contribution < 1.29 is 9.90 Å². The van der Waals surface area contributed by atoms with Crippen LogP contribution in [0.2, 0.25) is 0 Å². The molecule has 0 spiro atoms. The molecule has 0 saturated heterocycles.